The highest BCUT2D eigenvalue weighted by molar-refractivity contribution is 8.26. The fraction of sp³-hybridized carbons (Fsp3) is 0.450. The van der Waals surface area contributed by atoms with Crippen molar-refractivity contribution in [3.05, 3.63) is 28.7 Å². The molecule has 8 heteroatoms. The van der Waals surface area contributed by atoms with Gasteiger partial charge in [-0.15, -0.1) is 0 Å². The SMILES string of the molecule is CCOC(=O)CCCN1C(=O)/C(=C/c2ccc(OC(C)C)c(OC)c2)SC1=S. The lowest BCUT2D eigenvalue weighted by molar-refractivity contribution is -0.143. The van der Waals surface area contributed by atoms with Crippen LogP contribution in [0.15, 0.2) is 23.1 Å². The summed E-state index contributed by atoms with van der Waals surface area (Å²) in [6, 6.07) is 5.52. The van der Waals surface area contributed by atoms with E-state index in [4.69, 9.17) is 26.4 Å². The number of hydrogen-bond acceptors (Lipinski definition) is 7. The maximum Gasteiger partial charge on any atom is 0.305 e. The molecule has 0 spiro atoms. The third-order valence-corrected chi connectivity index (χ3v) is 5.17. The lowest BCUT2D eigenvalue weighted by Gasteiger charge is -2.14. The molecule has 1 aromatic carbocycles. The van der Waals surface area contributed by atoms with Gasteiger partial charge in [-0.25, -0.2) is 0 Å². The van der Waals surface area contributed by atoms with Crippen LogP contribution in [0.5, 0.6) is 11.5 Å². The van der Waals surface area contributed by atoms with Crippen molar-refractivity contribution in [3.8, 4) is 11.5 Å². The van der Waals surface area contributed by atoms with Gasteiger partial charge in [0.25, 0.3) is 5.91 Å². The van der Waals surface area contributed by atoms with Crippen LogP contribution >= 0.6 is 24.0 Å². The van der Waals surface area contributed by atoms with Crippen LogP contribution in [-0.4, -0.2) is 47.5 Å². The molecule has 0 bridgehead atoms. The van der Waals surface area contributed by atoms with Gasteiger partial charge in [-0.3, -0.25) is 14.5 Å². The van der Waals surface area contributed by atoms with Crippen LogP contribution in [-0.2, 0) is 14.3 Å². The number of amides is 1. The molecule has 28 heavy (non-hydrogen) atoms. The first kappa shape index (κ1) is 22.2. The van der Waals surface area contributed by atoms with E-state index in [1.165, 1.54) is 16.7 Å². The average Bonchev–Trinajstić information content (AvgIpc) is 2.90. The summed E-state index contributed by atoms with van der Waals surface area (Å²) in [6.07, 6.45) is 2.59. The number of carbonyl (C=O) groups excluding carboxylic acids is 2. The Balaban J connectivity index is 2.07. The maximum absolute atomic E-state index is 12.7. The number of thioether (sulfide) groups is 1. The molecule has 1 fully saturated rings. The molecule has 0 aliphatic carbocycles. The Bertz CT molecular complexity index is 776. The van der Waals surface area contributed by atoms with Crippen LogP contribution in [0, 0.1) is 0 Å². The van der Waals surface area contributed by atoms with Gasteiger partial charge < -0.3 is 14.2 Å². The zero-order chi connectivity index (χ0) is 20.7. The molecule has 0 atom stereocenters. The molecule has 1 aliphatic rings. The van der Waals surface area contributed by atoms with E-state index in [-0.39, 0.29) is 24.4 Å². The molecular formula is C20H25NO5S2. The molecule has 1 aliphatic heterocycles. The molecule has 1 heterocycles. The Morgan fingerprint density at radius 2 is 2.07 bits per heavy atom. The number of ether oxygens (including phenoxy) is 3. The summed E-state index contributed by atoms with van der Waals surface area (Å²) in [5.41, 5.74) is 0.819. The summed E-state index contributed by atoms with van der Waals surface area (Å²) in [7, 11) is 1.58. The number of hydrogen-bond donors (Lipinski definition) is 0. The summed E-state index contributed by atoms with van der Waals surface area (Å²) >= 11 is 6.58. The molecule has 0 unspecified atom stereocenters. The van der Waals surface area contributed by atoms with Gasteiger partial charge in [0.2, 0.25) is 0 Å². The molecule has 1 amide bonds. The fourth-order valence-electron chi connectivity index (χ4n) is 2.58. The van der Waals surface area contributed by atoms with Crippen molar-refractivity contribution in [2.75, 3.05) is 20.3 Å². The number of thiocarbonyl (C=S) groups is 1. The molecule has 1 aromatic rings. The topological polar surface area (TPSA) is 65.1 Å². The predicted octanol–water partition coefficient (Wildman–Crippen LogP) is 4.03. The van der Waals surface area contributed by atoms with Crippen LogP contribution in [0.3, 0.4) is 0 Å². The molecule has 1 saturated heterocycles. The third-order valence-electron chi connectivity index (χ3n) is 3.79. The largest absolute Gasteiger partial charge is 0.493 e. The Hall–Kier alpha value is -2.06. The van der Waals surface area contributed by atoms with Crippen molar-refractivity contribution in [3.63, 3.8) is 0 Å². The zero-order valence-corrected chi connectivity index (χ0v) is 18.2. The van der Waals surface area contributed by atoms with E-state index >= 15 is 0 Å². The molecule has 152 valence electrons. The minimum Gasteiger partial charge on any atom is -0.493 e. The van der Waals surface area contributed by atoms with Crippen molar-refractivity contribution in [2.24, 2.45) is 0 Å². The van der Waals surface area contributed by atoms with Crippen molar-refractivity contribution in [1.29, 1.82) is 0 Å². The van der Waals surface area contributed by atoms with E-state index in [2.05, 4.69) is 0 Å². The third kappa shape index (κ3) is 5.97. The van der Waals surface area contributed by atoms with Gasteiger partial charge in [-0.05, 0) is 51.0 Å². The molecule has 2 rings (SSSR count). The second kappa shape index (κ2) is 10.5. The van der Waals surface area contributed by atoms with Crippen LogP contribution in [0.1, 0.15) is 39.2 Å². The zero-order valence-electron chi connectivity index (χ0n) is 16.5. The van der Waals surface area contributed by atoms with Gasteiger partial charge in [-0.1, -0.05) is 30.0 Å². The number of rotatable bonds is 9. The first-order chi connectivity index (χ1) is 13.3. The lowest BCUT2D eigenvalue weighted by atomic mass is 10.1. The van der Waals surface area contributed by atoms with Gasteiger partial charge in [0, 0.05) is 13.0 Å². The monoisotopic (exact) mass is 423 g/mol. The minimum absolute atomic E-state index is 0.0330. The summed E-state index contributed by atoms with van der Waals surface area (Å²) in [4.78, 5) is 26.2. The summed E-state index contributed by atoms with van der Waals surface area (Å²) in [6.45, 7) is 6.40. The highest BCUT2D eigenvalue weighted by Crippen LogP contribution is 2.35. The van der Waals surface area contributed by atoms with Crippen molar-refractivity contribution >= 4 is 46.3 Å². The Kier molecular flexibility index (Phi) is 8.32. The van der Waals surface area contributed by atoms with Crippen molar-refractivity contribution < 1.29 is 23.8 Å². The second-order valence-corrected chi connectivity index (χ2v) is 7.99. The van der Waals surface area contributed by atoms with E-state index in [9.17, 15) is 9.59 Å². The number of benzene rings is 1. The van der Waals surface area contributed by atoms with Gasteiger partial charge in [0.05, 0.1) is 24.7 Å². The summed E-state index contributed by atoms with van der Waals surface area (Å²) in [5, 5.41) is 0. The quantitative estimate of drug-likeness (QED) is 0.338. The Labute approximate surface area is 175 Å². The highest BCUT2D eigenvalue weighted by atomic mass is 32.2. The van der Waals surface area contributed by atoms with E-state index in [1.54, 1.807) is 20.1 Å². The molecule has 0 saturated carbocycles. The molecule has 6 nitrogen and oxygen atoms in total. The van der Waals surface area contributed by atoms with Crippen molar-refractivity contribution in [1.82, 2.24) is 4.90 Å². The molecule has 0 aromatic heterocycles. The molecular weight excluding hydrogens is 398 g/mol. The summed E-state index contributed by atoms with van der Waals surface area (Å²) < 4.78 is 16.5. The predicted molar refractivity (Wildman–Crippen MR) is 115 cm³/mol. The first-order valence-electron chi connectivity index (χ1n) is 9.11. The number of methoxy groups -OCH3 is 1. The van der Waals surface area contributed by atoms with E-state index in [0.29, 0.717) is 40.3 Å². The lowest BCUT2D eigenvalue weighted by Crippen LogP contribution is -2.29. The second-order valence-electron chi connectivity index (χ2n) is 6.32. The smallest absolute Gasteiger partial charge is 0.305 e. The average molecular weight is 424 g/mol. The number of nitrogens with zero attached hydrogens (tertiary/aromatic N) is 1. The maximum atomic E-state index is 12.7. The Morgan fingerprint density at radius 3 is 2.71 bits per heavy atom. The fourth-order valence-corrected chi connectivity index (χ4v) is 3.89. The summed E-state index contributed by atoms with van der Waals surface area (Å²) in [5.74, 6) is 0.841. The van der Waals surface area contributed by atoms with Crippen LogP contribution in [0.25, 0.3) is 6.08 Å². The van der Waals surface area contributed by atoms with Gasteiger partial charge in [0.1, 0.15) is 4.32 Å². The van der Waals surface area contributed by atoms with E-state index in [0.717, 1.165) is 5.56 Å². The van der Waals surface area contributed by atoms with Crippen molar-refractivity contribution in [2.45, 2.75) is 39.7 Å². The van der Waals surface area contributed by atoms with Crippen LogP contribution in [0.4, 0.5) is 0 Å². The molecule has 0 N–H and O–H groups in total. The van der Waals surface area contributed by atoms with Gasteiger partial charge in [0.15, 0.2) is 11.5 Å². The van der Waals surface area contributed by atoms with E-state index < -0.39 is 0 Å². The molecule has 0 radical (unpaired) electrons. The minimum atomic E-state index is -0.265. The normalized spacial score (nSPS) is 15.5. The van der Waals surface area contributed by atoms with Crippen LogP contribution < -0.4 is 9.47 Å². The van der Waals surface area contributed by atoms with E-state index in [1.807, 2.05) is 32.0 Å². The van der Waals surface area contributed by atoms with Crippen LogP contribution in [0.2, 0.25) is 0 Å². The number of carbonyl (C=O) groups is 2. The number of esters is 1. The Morgan fingerprint density at radius 1 is 1.32 bits per heavy atom. The first-order valence-corrected chi connectivity index (χ1v) is 10.3. The highest BCUT2D eigenvalue weighted by Gasteiger charge is 2.31. The van der Waals surface area contributed by atoms with Gasteiger partial charge >= 0.3 is 5.97 Å². The van der Waals surface area contributed by atoms with Gasteiger partial charge in [-0.2, -0.15) is 0 Å². The standard InChI is InChI=1S/C20H25NO5S2/c1-5-25-18(22)7-6-10-21-19(23)17(28-20(21)27)12-14-8-9-15(26-13(2)3)16(11-14)24-4/h8-9,11-13H,5-7,10H2,1-4H3/b17-12-.